The highest BCUT2D eigenvalue weighted by Gasteiger charge is 2.25. The number of hydrogen-bond donors (Lipinski definition) is 2. The molecule has 0 radical (unpaired) electrons. The fourth-order valence-electron chi connectivity index (χ4n) is 3.59. The molecule has 6 nitrogen and oxygen atoms in total. The van der Waals surface area contributed by atoms with Gasteiger partial charge in [-0.2, -0.15) is 0 Å². The van der Waals surface area contributed by atoms with Crippen molar-refractivity contribution >= 4 is 51.6 Å². The summed E-state index contributed by atoms with van der Waals surface area (Å²) in [6.07, 6.45) is 2.89. The van der Waals surface area contributed by atoms with Crippen LogP contribution in [-0.4, -0.2) is 30.1 Å². The Hall–Kier alpha value is -3.10. The third-order valence-electron chi connectivity index (χ3n) is 5.60. The highest BCUT2D eigenvalue weighted by atomic mass is 32.2. The highest BCUT2D eigenvalue weighted by Crippen LogP contribution is 2.37. The molecule has 0 aliphatic rings. The number of methoxy groups -OCH3 is 1. The Kier molecular flexibility index (Phi) is 10.1. The summed E-state index contributed by atoms with van der Waals surface area (Å²) < 4.78 is 5.03. The molecular formula is C28H32N2O4S2. The number of anilines is 2. The van der Waals surface area contributed by atoms with Crippen molar-refractivity contribution in [2.45, 2.75) is 56.6 Å². The molecular weight excluding hydrogens is 492 g/mol. The summed E-state index contributed by atoms with van der Waals surface area (Å²) in [5.41, 5.74) is 3.81. The van der Waals surface area contributed by atoms with E-state index in [-0.39, 0.29) is 17.1 Å². The number of aryl methyl sites for hydroxylation is 1. The van der Waals surface area contributed by atoms with E-state index in [1.54, 1.807) is 0 Å². The number of thiophene rings is 1. The Morgan fingerprint density at radius 1 is 1.06 bits per heavy atom. The molecule has 2 aromatic carbocycles. The third kappa shape index (κ3) is 7.21. The van der Waals surface area contributed by atoms with Gasteiger partial charge in [0.2, 0.25) is 11.8 Å². The lowest BCUT2D eigenvalue weighted by Gasteiger charge is -2.16. The van der Waals surface area contributed by atoms with Crippen molar-refractivity contribution in [3.8, 4) is 11.1 Å². The van der Waals surface area contributed by atoms with Crippen LogP contribution < -0.4 is 10.6 Å². The fourth-order valence-corrected chi connectivity index (χ4v) is 5.56. The number of esters is 1. The lowest BCUT2D eigenvalue weighted by atomic mass is 10.0. The number of unbranched alkanes of at least 4 members (excludes halogenated alkanes) is 1. The maximum atomic E-state index is 13.2. The molecule has 1 unspecified atom stereocenters. The molecule has 190 valence electrons. The molecule has 1 atom stereocenters. The summed E-state index contributed by atoms with van der Waals surface area (Å²) >= 11 is 2.73. The zero-order valence-corrected chi connectivity index (χ0v) is 22.7. The van der Waals surface area contributed by atoms with Gasteiger partial charge in [-0.05, 0) is 43.5 Å². The van der Waals surface area contributed by atoms with Gasteiger partial charge in [-0.25, -0.2) is 4.79 Å². The molecule has 3 aromatic rings. The van der Waals surface area contributed by atoms with Crippen LogP contribution >= 0.6 is 23.1 Å². The average molecular weight is 525 g/mol. The van der Waals surface area contributed by atoms with Crippen LogP contribution in [0.3, 0.4) is 0 Å². The first-order chi connectivity index (χ1) is 17.4. The molecule has 2 amide bonds. The number of hydrogen-bond acceptors (Lipinski definition) is 6. The molecule has 0 bridgehead atoms. The van der Waals surface area contributed by atoms with Gasteiger partial charge in [-0.15, -0.1) is 23.1 Å². The number of carbonyl (C=O) groups is 3. The summed E-state index contributed by atoms with van der Waals surface area (Å²) in [7, 11) is 1.34. The van der Waals surface area contributed by atoms with Gasteiger partial charge in [0.25, 0.3) is 0 Å². The van der Waals surface area contributed by atoms with Crippen molar-refractivity contribution < 1.29 is 19.1 Å². The maximum absolute atomic E-state index is 13.2. The lowest BCUT2D eigenvalue weighted by Crippen LogP contribution is -2.25. The van der Waals surface area contributed by atoms with E-state index >= 15 is 0 Å². The molecule has 0 saturated heterocycles. The average Bonchev–Trinajstić information content (AvgIpc) is 3.29. The second kappa shape index (κ2) is 13.3. The summed E-state index contributed by atoms with van der Waals surface area (Å²) in [5, 5.41) is 7.83. The minimum atomic E-state index is -0.491. The second-order valence-electron chi connectivity index (χ2n) is 8.39. The van der Waals surface area contributed by atoms with Crippen molar-refractivity contribution in [1.82, 2.24) is 0 Å². The van der Waals surface area contributed by atoms with E-state index in [2.05, 4.69) is 10.6 Å². The third-order valence-corrected chi connectivity index (χ3v) is 7.85. The number of carbonyl (C=O) groups excluding carboxylic acids is 3. The van der Waals surface area contributed by atoms with E-state index in [4.69, 9.17) is 4.74 Å². The maximum Gasteiger partial charge on any atom is 0.341 e. The summed E-state index contributed by atoms with van der Waals surface area (Å²) in [6, 6.07) is 15.4. The minimum absolute atomic E-state index is 0.0128. The topological polar surface area (TPSA) is 84.5 Å². The Morgan fingerprint density at radius 2 is 1.81 bits per heavy atom. The second-order valence-corrected chi connectivity index (χ2v) is 10.6. The van der Waals surface area contributed by atoms with Gasteiger partial charge in [-0.1, -0.05) is 56.2 Å². The number of ether oxygens (including phenoxy) is 1. The summed E-state index contributed by atoms with van der Waals surface area (Å²) in [6.45, 7) is 6.00. The zero-order chi connectivity index (χ0) is 26.1. The van der Waals surface area contributed by atoms with Crippen LogP contribution in [0, 0.1) is 6.92 Å². The zero-order valence-electron chi connectivity index (χ0n) is 21.1. The van der Waals surface area contributed by atoms with Crippen molar-refractivity contribution in [2.75, 3.05) is 17.7 Å². The monoisotopic (exact) mass is 524 g/mol. The van der Waals surface area contributed by atoms with Crippen molar-refractivity contribution in [1.29, 1.82) is 0 Å². The molecule has 1 aromatic heterocycles. The molecule has 0 saturated carbocycles. The molecule has 0 aliphatic heterocycles. The predicted octanol–water partition coefficient (Wildman–Crippen LogP) is 7.15. The van der Waals surface area contributed by atoms with Gasteiger partial charge in [0.1, 0.15) is 10.6 Å². The van der Waals surface area contributed by atoms with Crippen LogP contribution in [0.1, 0.15) is 55.5 Å². The normalized spacial score (nSPS) is 11.6. The van der Waals surface area contributed by atoms with Crippen LogP contribution in [0.2, 0.25) is 0 Å². The number of nitrogens with one attached hydrogen (secondary N) is 2. The van der Waals surface area contributed by atoms with Gasteiger partial charge >= 0.3 is 5.97 Å². The quantitative estimate of drug-likeness (QED) is 0.206. The van der Waals surface area contributed by atoms with Crippen LogP contribution in [0.5, 0.6) is 0 Å². The number of benzene rings is 2. The van der Waals surface area contributed by atoms with Gasteiger partial charge in [0.15, 0.2) is 0 Å². The van der Waals surface area contributed by atoms with Gasteiger partial charge in [0.05, 0.1) is 12.4 Å². The number of rotatable bonds is 11. The van der Waals surface area contributed by atoms with Crippen LogP contribution in [0.15, 0.2) is 58.8 Å². The molecule has 0 aliphatic carbocycles. The fraction of sp³-hybridized carbons (Fsp3) is 0.321. The molecule has 8 heteroatoms. The Morgan fingerprint density at radius 3 is 2.47 bits per heavy atom. The van der Waals surface area contributed by atoms with Crippen molar-refractivity contribution in [3.63, 3.8) is 0 Å². The van der Waals surface area contributed by atoms with Gasteiger partial charge < -0.3 is 15.4 Å². The van der Waals surface area contributed by atoms with Gasteiger partial charge in [-0.3, -0.25) is 9.59 Å². The van der Waals surface area contributed by atoms with E-state index in [1.807, 2.05) is 74.7 Å². The van der Waals surface area contributed by atoms with E-state index in [0.29, 0.717) is 29.1 Å². The molecule has 0 fully saturated rings. The van der Waals surface area contributed by atoms with Crippen LogP contribution in [-0.2, 0) is 14.3 Å². The van der Waals surface area contributed by atoms with Crippen molar-refractivity contribution in [2.24, 2.45) is 0 Å². The first-order valence-electron chi connectivity index (χ1n) is 12.0. The van der Waals surface area contributed by atoms with E-state index < -0.39 is 5.97 Å². The van der Waals surface area contributed by atoms with Gasteiger partial charge in [0, 0.05) is 27.9 Å². The summed E-state index contributed by atoms with van der Waals surface area (Å²) in [4.78, 5) is 38.9. The van der Waals surface area contributed by atoms with Crippen LogP contribution in [0.4, 0.5) is 10.7 Å². The minimum Gasteiger partial charge on any atom is -0.465 e. The standard InChI is InChI=1S/C28H32N2O4S2/c1-5-7-11-24(31)29-20-9-8-10-21(16-20)36-23(6-2)26(32)30-27-25(28(33)34-4)22(17-35-27)19-14-12-18(3)13-15-19/h8-10,12-17,23H,5-7,11H2,1-4H3,(H,29,31)(H,30,32). The SMILES string of the molecule is CCCCC(=O)Nc1cccc(SC(CC)C(=O)Nc2scc(-c3ccc(C)cc3)c2C(=O)OC)c1. The van der Waals surface area contributed by atoms with E-state index in [0.717, 1.165) is 34.4 Å². The number of thioether (sulfide) groups is 1. The van der Waals surface area contributed by atoms with E-state index in [9.17, 15) is 14.4 Å². The largest absolute Gasteiger partial charge is 0.465 e. The molecule has 0 spiro atoms. The molecule has 1 heterocycles. The summed E-state index contributed by atoms with van der Waals surface area (Å²) in [5.74, 6) is -0.696. The number of amides is 2. The first kappa shape index (κ1) is 27.5. The first-order valence-corrected chi connectivity index (χ1v) is 13.8. The van der Waals surface area contributed by atoms with Crippen LogP contribution in [0.25, 0.3) is 11.1 Å². The van der Waals surface area contributed by atoms with E-state index in [1.165, 1.54) is 30.2 Å². The lowest BCUT2D eigenvalue weighted by molar-refractivity contribution is -0.116. The molecule has 36 heavy (non-hydrogen) atoms. The smallest absolute Gasteiger partial charge is 0.341 e. The Labute approximate surface area is 220 Å². The Balaban J connectivity index is 1.76. The molecule has 2 N–H and O–H groups in total. The highest BCUT2D eigenvalue weighted by molar-refractivity contribution is 8.00. The Bertz CT molecular complexity index is 1200. The predicted molar refractivity (Wildman–Crippen MR) is 149 cm³/mol. The molecule has 3 rings (SSSR count). The van der Waals surface area contributed by atoms with Crippen molar-refractivity contribution in [3.05, 3.63) is 65.0 Å².